The Hall–Kier alpha value is -1.70. The maximum absolute atomic E-state index is 12.9. The molecule has 0 aromatic heterocycles. The molecule has 1 N–H and O–H groups in total. The number of amides is 1. The molecule has 2 aromatic rings. The summed E-state index contributed by atoms with van der Waals surface area (Å²) in [6.45, 7) is 2.81. The topological polar surface area (TPSA) is 66.5 Å². The largest absolute Gasteiger partial charge is 0.326 e. The molecule has 0 saturated carbocycles. The first kappa shape index (κ1) is 22.0. The minimum Gasteiger partial charge on any atom is -0.326 e. The Balaban J connectivity index is 1.64. The predicted molar refractivity (Wildman–Crippen MR) is 119 cm³/mol. The van der Waals surface area contributed by atoms with Gasteiger partial charge in [-0.25, -0.2) is 8.42 Å². The van der Waals surface area contributed by atoms with E-state index in [-0.39, 0.29) is 23.3 Å². The van der Waals surface area contributed by atoms with Crippen LogP contribution in [0.3, 0.4) is 0 Å². The monoisotopic (exact) mass is 478 g/mol. The van der Waals surface area contributed by atoms with Crippen molar-refractivity contribution in [3.05, 3.63) is 58.6 Å². The molecule has 3 rings (SSSR count). The first-order valence-electron chi connectivity index (χ1n) is 10.1. The number of hydrogen-bond donors (Lipinski definition) is 1. The number of unbranched alkanes of at least 4 members (excludes halogenated alkanes) is 1. The van der Waals surface area contributed by atoms with Crippen molar-refractivity contribution >= 4 is 37.5 Å². The van der Waals surface area contributed by atoms with E-state index in [1.54, 1.807) is 24.3 Å². The minimum absolute atomic E-state index is 0.123. The molecule has 0 radical (unpaired) electrons. The summed E-state index contributed by atoms with van der Waals surface area (Å²) in [6.07, 6.45) is 4.70. The Morgan fingerprint density at radius 3 is 2.48 bits per heavy atom. The lowest BCUT2D eigenvalue weighted by molar-refractivity contribution is -0.120. The SMILES string of the molecule is CCCCc1ccc(NC(=O)[C@H]2CCCN(S(=O)(=O)c3ccc(Br)cc3)C2)cc1. The Morgan fingerprint density at radius 1 is 1.14 bits per heavy atom. The standard InChI is InChI=1S/C22H27BrN2O3S/c1-2-3-5-17-7-11-20(12-8-17)24-22(26)18-6-4-15-25(16-18)29(27,28)21-13-9-19(23)10-14-21/h7-14,18H,2-6,15-16H2,1H3,(H,24,26)/t18-/m0/s1. The van der Waals surface area contributed by atoms with Crippen LogP contribution in [-0.2, 0) is 21.2 Å². The molecule has 1 atom stereocenters. The number of nitrogens with one attached hydrogen (secondary N) is 1. The first-order chi connectivity index (χ1) is 13.9. The summed E-state index contributed by atoms with van der Waals surface area (Å²) in [5.41, 5.74) is 2.01. The number of piperidine rings is 1. The zero-order chi connectivity index (χ0) is 20.9. The van der Waals surface area contributed by atoms with Gasteiger partial charge in [0.2, 0.25) is 15.9 Å². The number of benzene rings is 2. The summed E-state index contributed by atoms with van der Waals surface area (Å²) < 4.78 is 28.1. The van der Waals surface area contributed by atoms with Crippen molar-refractivity contribution < 1.29 is 13.2 Å². The lowest BCUT2D eigenvalue weighted by Crippen LogP contribution is -2.43. The van der Waals surface area contributed by atoms with Crippen molar-refractivity contribution in [2.45, 2.75) is 43.9 Å². The third-order valence-electron chi connectivity index (χ3n) is 5.25. The highest BCUT2D eigenvalue weighted by Gasteiger charge is 2.33. The average molecular weight is 479 g/mol. The number of halogens is 1. The van der Waals surface area contributed by atoms with Crippen LogP contribution in [0.5, 0.6) is 0 Å². The van der Waals surface area contributed by atoms with Gasteiger partial charge in [-0.3, -0.25) is 4.79 Å². The van der Waals surface area contributed by atoms with E-state index in [1.807, 2.05) is 24.3 Å². The van der Waals surface area contributed by atoms with Gasteiger partial charge in [0.05, 0.1) is 10.8 Å². The molecule has 1 heterocycles. The molecule has 0 spiro atoms. The molecule has 0 aliphatic carbocycles. The van der Waals surface area contributed by atoms with Crippen LogP contribution in [0.25, 0.3) is 0 Å². The fourth-order valence-corrected chi connectivity index (χ4v) is 5.30. The second kappa shape index (κ2) is 9.87. The van der Waals surface area contributed by atoms with Gasteiger partial charge >= 0.3 is 0 Å². The molecule has 5 nitrogen and oxygen atoms in total. The van der Waals surface area contributed by atoms with E-state index in [2.05, 4.69) is 28.2 Å². The molecule has 156 valence electrons. The summed E-state index contributed by atoms with van der Waals surface area (Å²) in [6, 6.07) is 14.5. The summed E-state index contributed by atoms with van der Waals surface area (Å²) in [4.78, 5) is 13.0. The van der Waals surface area contributed by atoms with Gasteiger partial charge in [-0.15, -0.1) is 0 Å². The molecule has 2 aromatic carbocycles. The normalized spacial score (nSPS) is 17.8. The van der Waals surface area contributed by atoms with Crippen LogP contribution in [0.4, 0.5) is 5.69 Å². The van der Waals surface area contributed by atoms with Crippen LogP contribution >= 0.6 is 15.9 Å². The predicted octanol–water partition coefficient (Wildman–Crippen LogP) is 4.83. The maximum Gasteiger partial charge on any atom is 0.243 e. The van der Waals surface area contributed by atoms with Crippen molar-refractivity contribution in [2.24, 2.45) is 5.92 Å². The van der Waals surface area contributed by atoms with E-state index >= 15 is 0 Å². The third kappa shape index (κ3) is 5.68. The molecular formula is C22H27BrN2O3S. The van der Waals surface area contributed by atoms with Crippen LogP contribution < -0.4 is 5.32 Å². The Labute approximate surface area is 181 Å². The number of nitrogens with zero attached hydrogens (tertiary/aromatic N) is 1. The van der Waals surface area contributed by atoms with Gasteiger partial charge in [-0.05, 0) is 67.6 Å². The van der Waals surface area contributed by atoms with E-state index in [0.29, 0.717) is 19.4 Å². The van der Waals surface area contributed by atoms with Gasteiger partial charge in [-0.1, -0.05) is 41.4 Å². The van der Waals surface area contributed by atoms with Crippen molar-refractivity contribution in [3.63, 3.8) is 0 Å². The third-order valence-corrected chi connectivity index (χ3v) is 7.65. The van der Waals surface area contributed by atoms with Crippen molar-refractivity contribution in [2.75, 3.05) is 18.4 Å². The molecule has 1 aliphatic rings. The molecule has 7 heteroatoms. The highest BCUT2D eigenvalue weighted by atomic mass is 79.9. The van der Waals surface area contributed by atoms with Gasteiger partial charge in [0, 0.05) is 23.2 Å². The first-order valence-corrected chi connectivity index (χ1v) is 12.3. The molecule has 0 unspecified atom stereocenters. The maximum atomic E-state index is 12.9. The Morgan fingerprint density at radius 2 is 1.83 bits per heavy atom. The van der Waals surface area contributed by atoms with E-state index in [0.717, 1.165) is 29.4 Å². The number of sulfonamides is 1. The second-order valence-electron chi connectivity index (χ2n) is 7.45. The molecule has 1 fully saturated rings. The Kier molecular flexibility index (Phi) is 7.49. The van der Waals surface area contributed by atoms with Crippen LogP contribution in [0.1, 0.15) is 38.2 Å². The summed E-state index contributed by atoms with van der Waals surface area (Å²) >= 11 is 3.32. The fourth-order valence-electron chi connectivity index (χ4n) is 3.51. The van der Waals surface area contributed by atoms with Gasteiger partial charge in [0.15, 0.2) is 0 Å². The smallest absolute Gasteiger partial charge is 0.243 e. The summed E-state index contributed by atoms with van der Waals surface area (Å²) in [5, 5.41) is 2.95. The molecule has 0 bridgehead atoms. The molecular weight excluding hydrogens is 452 g/mol. The van der Waals surface area contributed by atoms with Crippen molar-refractivity contribution in [3.8, 4) is 0 Å². The van der Waals surface area contributed by atoms with Crippen molar-refractivity contribution in [1.29, 1.82) is 0 Å². The number of carbonyl (C=O) groups excluding carboxylic acids is 1. The summed E-state index contributed by atoms with van der Waals surface area (Å²) in [5.74, 6) is -0.476. The van der Waals surface area contributed by atoms with Gasteiger partial charge in [0.25, 0.3) is 0 Å². The highest BCUT2D eigenvalue weighted by molar-refractivity contribution is 9.10. The summed E-state index contributed by atoms with van der Waals surface area (Å²) in [7, 11) is -3.60. The van der Waals surface area contributed by atoms with E-state index in [1.165, 1.54) is 9.87 Å². The molecule has 1 saturated heterocycles. The zero-order valence-corrected chi connectivity index (χ0v) is 19.0. The number of rotatable bonds is 7. The van der Waals surface area contributed by atoms with Crippen molar-refractivity contribution in [1.82, 2.24) is 4.31 Å². The molecule has 1 aliphatic heterocycles. The van der Waals surface area contributed by atoms with Crippen LogP contribution in [0.2, 0.25) is 0 Å². The van der Waals surface area contributed by atoms with E-state index in [9.17, 15) is 13.2 Å². The van der Waals surface area contributed by atoms with E-state index in [4.69, 9.17) is 0 Å². The Bertz CT molecular complexity index is 928. The van der Waals surface area contributed by atoms with Crippen LogP contribution in [0, 0.1) is 5.92 Å². The molecule has 1 amide bonds. The zero-order valence-electron chi connectivity index (χ0n) is 16.6. The average Bonchev–Trinajstić information content (AvgIpc) is 2.73. The van der Waals surface area contributed by atoms with Gasteiger partial charge in [-0.2, -0.15) is 4.31 Å². The lowest BCUT2D eigenvalue weighted by Gasteiger charge is -2.31. The minimum atomic E-state index is -3.60. The number of anilines is 1. The number of carbonyl (C=O) groups is 1. The molecule has 29 heavy (non-hydrogen) atoms. The van der Waals surface area contributed by atoms with Gasteiger partial charge < -0.3 is 5.32 Å². The number of hydrogen-bond acceptors (Lipinski definition) is 3. The fraction of sp³-hybridized carbons (Fsp3) is 0.409. The highest BCUT2D eigenvalue weighted by Crippen LogP contribution is 2.26. The van der Waals surface area contributed by atoms with Crippen LogP contribution in [-0.4, -0.2) is 31.7 Å². The van der Waals surface area contributed by atoms with E-state index < -0.39 is 10.0 Å². The number of aryl methyl sites for hydroxylation is 1. The van der Waals surface area contributed by atoms with Gasteiger partial charge in [0.1, 0.15) is 0 Å². The quantitative estimate of drug-likeness (QED) is 0.619. The van der Waals surface area contributed by atoms with Crippen LogP contribution in [0.15, 0.2) is 57.9 Å². The lowest BCUT2D eigenvalue weighted by atomic mass is 9.98. The second-order valence-corrected chi connectivity index (χ2v) is 10.3.